The van der Waals surface area contributed by atoms with E-state index in [-0.39, 0.29) is 24.9 Å². The Morgan fingerprint density at radius 2 is 0.900 bits per heavy atom. The lowest BCUT2D eigenvalue weighted by atomic mass is 10.0. The Hall–Kier alpha value is -2.96. The second-order valence-electron chi connectivity index (χ2n) is 16.4. The Labute approximate surface area is 370 Å². The zero-order valence-corrected chi connectivity index (χ0v) is 39.1. The third-order valence-corrected chi connectivity index (χ3v) is 10.7. The molecule has 0 bridgehead atoms. The number of rotatable bonds is 43. The molecule has 0 radical (unpaired) electrons. The Morgan fingerprint density at radius 3 is 1.37 bits per heavy atom. The van der Waals surface area contributed by atoms with E-state index in [1.165, 1.54) is 51.4 Å². The minimum atomic E-state index is -0.800. The van der Waals surface area contributed by atoms with E-state index in [2.05, 4.69) is 111 Å². The second-order valence-corrected chi connectivity index (χ2v) is 16.4. The molecule has 3 N–H and O–H groups in total. The van der Waals surface area contributed by atoms with Gasteiger partial charge in [0.05, 0.1) is 25.2 Å². The Kier molecular flexibility index (Phi) is 44.8. The molecule has 0 saturated heterocycles. The summed E-state index contributed by atoms with van der Waals surface area (Å²) in [5.41, 5.74) is 0. The van der Waals surface area contributed by atoms with Crippen LogP contribution < -0.4 is 5.32 Å². The maximum absolute atomic E-state index is 13.2. The fourth-order valence-electron chi connectivity index (χ4n) is 7.02. The Morgan fingerprint density at radius 1 is 0.500 bits per heavy atom. The summed E-state index contributed by atoms with van der Waals surface area (Å²) in [7, 11) is 0. The molecule has 3 atom stereocenters. The molecule has 0 aliphatic rings. The van der Waals surface area contributed by atoms with Crippen LogP contribution in [0.15, 0.2) is 85.1 Å². The molecule has 0 rings (SSSR count). The maximum atomic E-state index is 13.2. The summed E-state index contributed by atoms with van der Waals surface area (Å²) in [6.07, 6.45) is 60.7. The summed E-state index contributed by atoms with van der Waals surface area (Å²) >= 11 is 0. The van der Waals surface area contributed by atoms with Gasteiger partial charge in [-0.3, -0.25) is 9.59 Å². The second kappa shape index (κ2) is 47.1. The van der Waals surface area contributed by atoms with Crippen LogP contribution in [0.25, 0.3) is 0 Å². The Bertz CT molecular complexity index is 1160. The third kappa shape index (κ3) is 41.8. The molecule has 0 saturated carbocycles. The molecule has 60 heavy (non-hydrogen) atoms. The number of esters is 1. The molecule has 0 aliphatic heterocycles. The van der Waals surface area contributed by atoms with Crippen LogP contribution in [-0.4, -0.2) is 46.9 Å². The first-order valence-corrected chi connectivity index (χ1v) is 24.8. The van der Waals surface area contributed by atoms with E-state index < -0.39 is 18.2 Å². The summed E-state index contributed by atoms with van der Waals surface area (Å²) < 4.78 is 5.90. The van der Waals surface area contributed by atoms with Crippen LogP contribution in [0.4, 0.5) is 0 Å². The van der Waals surface area contributed by atoms with Crippen molar-refractivity contribution in [3.63, 3.8) is 0 Å². The molecule has 0 aromatic heterocycles. The Balaban J connectivity index is 4.64. The van der Waals surface area contributed by atoms with Crippen molar-refractivity contribution in [1.29, 1.82) is 0 Å². The molecule has 0 aliphatic carbocycles. The highest BCUT2D eigenvalue weighted by Gasteiger charge is 2.24. The fraction of sp³-hybridized carbons (Fsp3) is 0.704. The third-order valence-electron chi connectivity index (χ3n) is 10.7. The van der Waals surface area contributed by atoms with Gasteiger partial charge in [-0.05, 0) is 96.3 Å². The monoisotopic (exact) mass is 836 g/mol. The first kappa shape index (κ1) is 57.0. The molecule has 3 unspecified atom stereocenters. The van der Waals surface area contributed by atoms with Gasteiger partial charge in [-0.2, -0.15) is 0 Å². The molecule has 0 aromatic carbocycles. The molecule has 0 aromatic rings. The SMILES string of the molecule is CC/C=C\C/C=C\C/C=C\C/C=C\C/C=C\CCCCCC(=O)OC(CCCCCCC/C=C/C/C=C/CC)CC(=O)NC(CO)C(O)CCCCCCCCCCCC. The number of aliphatic hydroxyl groups excluding tert-OH is 2. The van der Waals surface area contributed by atoms with Crippen molar-refractivity contribution in [3.05, 3.63) is 85.1 Å². The molecule has 344 valence electrons. The highest BCUT2D eigenvalue weighted by molar-refractivity contribution is 5.77. The smallest absolute Gasteiger partial charge is 0.306 e. The molecule has 0 heterocycles. The number of carbonyl (C=O) groups excluding carboxylic acids is 2. The maximum Gasteiger partial charge on any atom is 0.306 e. The van der Waals surface area contributed by atoms with E-state index in [0.29, 0.717) is 19.3 Å². The first-order chi connectivity index (χ1) is 29.5. The van der Waals surface area contributed by atoms with Gasteiger partial charge in [0.2, 0.25) is 5.91 Å². The van der Waals surface area contributed by atoms with Gasteiger partial charge in [0.1, 0.15) is 6.10 Å². The van der Waals surface area contributed by atoms with Crippen molar-refractivity contribution in [1.82, 2.24) is 5.32 Å². The van der Waals surface area contributed by atoms with Crippen molar-refractivity contribution in [2.24, 2.45) is 0 Å². The molecular weight excluding hydrogens is 743 g/mol. The van der Waals surface area contributed by atoms with E-state index in [1.807, 2.05) is 0 Å². The van der Waals surface area contributed by atoms with E-state index in [1.54, 1.807) is 0 Å². The zero-order chi connectivity index (χ0) is 43.8. The van der Waals surface area contributed by atoms with Gasteiger partial charge in [-0.25, -0.2) is 0 Å². The number of allylic oxidation sites excluding steroid dienone is 14. The van der Waals surface area contributed by atoms with Crippen LogP contribution in [0.2, 0.25) is 0 Å². The lowest BCUT2D eigenvalue weighted by Gasteiger charge is -2.24. The van der Waals surface area contributed by atoms with Gasteiger partial charge >= 0.3 is 5.97 Å². The normalized spacial score (nSPS) is 14.0. The number of nitrogens with one attached hydrogen (secondary N) is 1. The van der Waals surface area contributed by atoms with Gasteiger partial charge in [-0.15, -0.1) is 0 Å². The lowest BCUT2D eigenvalue weighted by molar-refractivity contribution is -0.151. The summed E-state index contributed by atoms with van der Waals surface area (Å²) in [5.74, 6) is -0.533. The van der Waals surface area contributed by atoms with Crippen LogP contribution in [-0.2, 0) is 14.3 Å². The summed E-state index contributed by atoms with van der Waals surface area (Å²) in [6.45, 7) is 6.23. The van der Waals surface area contributed by atoms with Gasteiger partial charge in [0.25, 0.3) is 0 Å². The highest BCUT2D eigenvalue weighted by Crippen LogP contribution is 2.17. The number of aliphatic hydroxyl groups is 2. The van der Waals surface area contributed by atoms with Gasteiger partial charge in [0.15, 0.2) is 0 Å². The predicted octanol–water partition coefficient (Wildman–Crippen LogP) is 14.8. The molecule has 0 spiro atoms. The highest BCUT2D eigenvalue weighted by atomic mass is 16.5. The van der Waals surface area contributed by atoms with Crippen molar-refractivity contribution < 1.29 is 24.5 Å². The van der Waals surface area contributed by atoms with Crippen molar-refractivity contribution in [2.75, 3.05) is 6.61 Å². The van der Waals surface area contributed by atoms with Crippen LogP contribution in [0.5, 0.6) is 0 Å². The first-order valence-electron chi connectivity index (χ1n) is 24.8. The van der Waals surface area contributed by atoms with Gasteiger partial charge in [-0.1, -0.05) is 196 Å². The molecular formula is C54H93NO5. The summed E-state index contributed by atoms with van der Waals surface area (Å²) in [6, 6.07) is -0.716. The number of carbonyl (C=O) groups is 2. The number of hydrogen-bond donors (Lipinski definition) is 3. The van der Waals surface area contributed by atoms with E-state index in [4.69, 9.17) is 4.74 Å². The average molecular weight is 836 g/mol. The number of ether oxygens (including phenoxy) is 1. The minimum absolute atomic E-state index is 0.0502. The van der Waals surface area contributed by atoms with Crippen molar-refractivity contribution in [2.45, 2.75) is 238 Å². The molecule has 6 nitrogen and oxygen atoms in total. The topological polar surface area (TPSA) is 95.9 Å². The molecule has 6 heteroatoms. The lowest BCUT2D eigenvalue weighted by Crippen LogP contribution is -2.46. The predicted molar refractivity (Wildman–Crippen MR) is 259 cm³/mol. The number of amides is 1. The van der Waals surface area contributed by atoms with Gasteiger partial charge < -0.3 is 20.3 Å². The fourth-order valence-corrected chi connectivity index (χ4v) is 7.02. The average Bonchev–Trinajstić information content (AvgIpc) is 3.24. The molecule has 0 fully saturated rings. The van der Waals surface area contributed by atoms with E-state index >= 15 is 0 Å². The van der Waals surface area contributed by atoms with Crippen molar-refractivity contribution >= 4 is 11.9 Å². The minimum Gasteiger partial charge on any atom is -0.462 e. The molecule has 1 amide bonds. The van der Waals surface area contributed by atoms with E-state index in [9.17, 15) is 19.8 Å². The summed E-state index contributed by atoms with van der Waals surface area (Å²) in [4.78, 5) is 26.1. The van der Waals surface area contributed by atoms with Crippen LogP contribution in [0.1, 0.15) is 220 Å². The van der Waals surface area contributed by atoms with Crippen LogP contribution >= 0.6 is 0 Å². The largest absolute Gasteiger partial charge is 0.462 e. The van der Waals surface area contributed by atoms with Crippen molar-refractivity contribution in [3.8, 4) is 0 Å². The number of hydrogen-bond acceptors (Lipinski definition) is 5. The standard InChI is InChI=1S/C54H93NO5/c1-4-7-10-13-16-19-22-24-25-26-27-28-29-30-32-35-38-41-44-47-54(59)60-50(45-42-39-36-33-31-23-20-17-14-11-8-5-2)48-53(58)55-51(49-56)52(57)46-43-40-37-34-21-18-15-12-9-6-3/h7-8,10-11,16-17,19-20,24-25,27-28,30,32,50-52,56-57H,4-6,9,12-15,18,21-23,26,29,31,33-49H2,1-3H3,(H,55,58)/b10-7-,11-8+,19-16-,20-17+,25-24-,28-27-,32-30-. The van der Waals surface area contributed by atoms with Gasteiger partial charge in [0, 0.05) is 6.42 Å². The number of unbranched alkanes of at least 4 members (excludes halogenated alkanes) is 17. The van der Waals surface area contributed by atoms with E-state index in [0.717, 1.165) is 122 Å². The van der Waals surface area contributed by atoms with Crippen LogP contribution in [0, 0.1) is 0 Å². The summed E-state index contributed by atoms with van der Waals surface area (Å²) in [5, 5.41) is 23.7. The quantitative estimate of drug-likeness (QED) is 0.0323. The zero-order valence-electron chi connectivity index (χ0n) is 39.1. The van der Waals surface area contributed by atoms with Crippen LogP contribution in [0.3, 0.4) is 0 Å².